The molecule has 0 bridgehead atoms. The molecule has 0 aliphatic carbocycles. The second kappa shape index (κ2) is 9.29. The van der Waals surface area contributed by atoms with Gasteiger partial charge in [0, 0.05) is 40.2 Å². The molecule has 0 atom stereocenters. The van der Waals surface area contributed by atoms with E-state index in [9.17, 15) is 14.9 Å². The highest BCUT2D eigenvalue weighted by atomic mass is 35.5. The molecule has 9 heteroatoms. The summed E-state index contributed by atoms with van der Waals surface area (Å²) >= 11 is 19.7. The Labute approximate surface area is 163 Å². The highest BCUT2D eigenvalue weighted by Crippen LogP contribution is 2.28. The predicted molar refractivity (Wildman–Crippen MR) is 103 cm³/mol. The number of thioether (sulfide) groups is 1. The van der Waals surface area contributed by atoms with Gasteiger partial charge in [-0.3, -0.25) is 14.9 Å². The minimum Gasteiger partial charge on any atom is -0.351 e. The molecule has 0 fully saturated rings. The molecular formula is C16H13Cl3N2O3S. The first kappa shape index (κ1) is 19.8. The van der Waals surface area contributed by atoms with E-state index in [1.54, 1.807) is 30.0 Å². The van der Waals surface area contributed by atoms with Crippen molar-refractivity contribution in [2.45, 2.75) is 5.75 Å². The standard InChI is InChI=1S/C16H13Cl3N2O3S/c17-13-2-1-3-14(18)12(13)9-25-7-6-20-16(22)11-5-4-10(21(23)24)8-15(11)19/h1-5,8H,6-7,9H2,(H,20,22). The van der Waals surface area contributed by atoms with E-state index in [0.717, 1.165) is 11.6 Å². The molecule has 2 rings (SSSR count). The van der Waals surface area contributed by atoms with Crippen molar-refractivity contribution in [3.05, 3.63) is 72.7 Å². The summed E-state index contributed by atoms with van der Waals surface area (Å²) in [5, 5.41) is 14.7. The van der Waals surface area contributed by atoms with Crippen LogP contribution < -0.4 is 5.32 Å². The van der Waals surface area contributed by atoms with Gasteiger partial charge in [0.05, 0.1) is 15.5 Å². The maximum absolute atomic E-state index is 12.1. The Kier molecular flexibility index (Phi) is 7.38. The van der Waals surface area contributed by atoms with Gasteiger partial charge < -0.3 is 5.32 Å². The number of benzene rings is 2. The van der Waals surface area contributed by atoms with E-state index in [4.69, 9.17) is 34.8 Å². The summed E-state index contributed by atoms with van der Waals surface area (Å²) < 4.78 is 0. The van der Waals surface area contributed by atoms with Gasteiger partial charge in [-0.05, 0) is 23.8 Å². The number of nitrogens with one attached hydrogen (secondary N) is 1. The average molecular weight is 420 g/mol. The van der Waals surface area contributed by atoms with Gasteiger partial charge in [-0.1, -0.05) is 40.9 Å². The van der Waals surface area contributed by atoms with Crippen molar-refractivity contribution < 1.29 is 9.72 Å². The quantitative estimate of drug-likeness (QED) is 0.379. The fourth-order valence-corrected chi connectivity index (χ4v) is 3.83. The molecule has 0 saturated carbocycles. The number of halogens is 3. The van der Waals surface area contributed by atoms with Crippen molar-refractivity contribution in [2.24, 2.45) is 0 Å². The van der Waals surface area contributed by atoms with Crippen LogP contribution in [0.1, 0.15) is 15.9 Å². The van der Waals surface area contributed by atoms with Crippen molar-refractivity contribution in [1.29, 1.82) is 0 Å². The average Bonchev–Trinajstić information content (AvgIpc) is 2.56. The molecule has 5 nitrogen and oxygen atoms in total. The fourth-order valence-electron chi connectivity index (χ4n) is 1.98. The molecule has 2 aromatic carbocycles. The predicted octanol–water partition coefficient (Wildman–Crippen LogP) is 5.22. The van der Waals surface area contributed by atoms with Crippen molar-refractivity contribution in [2.75, 3.05) is 12.3 Å². The van der Waals surface area contributed by atoms with Crippen LogP contribution in [0.3, 0.4) is 0 Å². The smallest absolute Gasteiger partial charge is 0.270 e. The largest absolute Gasteiger partial charge is 0.351 e. The van der Waals surface area contributed by atoms with Crippen molar-refractivity contribution in [1.82, 2.24) is 5.32 Å². The van der Waals surface area contributed by atoms with Crippen molar-refractivity contribution >= 4 is 58.2 Å². The zero-order valence-electron chi connectivity index (χ0n) is 12.8. The van der Waals surface area contributed by atoms with Gasteiger partial charge in [-0.2, -0.15) is 11.8 Å². The maximum Gasteiger partial charge on any atom is 0.270 e. The summed E-state index contributed by atoms with van der Waals surface area (Å²) in [4.78, 5) is 22.2. The summed E-state index contributed by atoms with van der Waals surface area (Å²) in [6, 6.07) is 9.09. The molecule has 0 radical (unpaired) electrons. The first-order valence-electron chi connectivity index (χ1n) is 7.13. The van der Waals surface area contributed by atoms with Gasteiger partial charge >= 0.3 is 0 Å². The molecule has 0 aromatic heterocycles. The van der Waals surface area contributed by atoms with Crippen molar-refractivity contribution in [3.8, 4) is 0 Å². The lowest BCUT2D eigenvalue weighted by atomic mass is 10.2. The zero-order valence-corrected chi connectivity index (χ0v) is 15.9. The third-order valence-electron chi connectivity index (χ3n) is 3.25. The first-order chi connectivity index (χ1) is 11.9. The summed E-state index contributed by atoms with van der Waals surface area (Å²) in [5.41, 5.74) is 0.903. The summed E-state index contributed by atoms with van der Waals surface area (Å²) in [5.74, 6) is 0.904. The zero-order chi connectivity index (χ0) is 18.4. The van der Waals surface area contributed by atoms with E-state index in [1.807, 2.05) is 0 Å². The van der Waals surface area contributed by atoms with Crippen LogP contribution >= 0.6 is 46.6 Å². The minimum atomic E-state index is -0.565. The molecule has 25 heavy (non-hydrogen) atoms. The lowest BCUT2D eigenvalue weighted by Crippen LogP contribution is -2.26. The number of carbonyl (C=O) groups is 1. The van der Waals surface area contributed by atoms with E-state index in [1.165, 1.54) is 12.1 Å². The second-order valence-electron chi connectivity index (χ2n) is 4.93. The number of nitrogens with zero attached hydrogens (tertiary/aromatic N) is 1. The Morgan fingerprint density at radius 3 is 2.40 bits per heavy atom. The Hall–Kier alpha value is -1.47. The van der Waals surface area contributed by atoms with Crippen LogP contribution in [0.15, 0.2) is 36.4 Å². The molecule has 2 aromatic rings. The van der Waals surface area contributed by atoms with Crippen LogP contribution in [0, 0.1) is 10.1 Å². The molecule has 0 heterocycles. The lowest BCUT2D eigenvalue weighted by Gasteiger charge is -2.08. The van der Waals surface area contributed by atoms with Gasteiger partial charge in [0.15, 0.2) is 0 Å². The number of nitro groups is 1. The SMILES string of the molecule is O=C(NCCSCc1c(Cl)cccc1Cl)c1ccc([N+](=O)[O-])cc1Cl. The molecule has 0 unspecified atom stereocenters. The number of non-ortho nitro benzene ring substituents is 1. The fraction of sp³-hybridized carbons (Fsp3) is 0.188. The summed E-state index contributed by atoms with van der Waals surface area (Å²) in [6.07, 6.45) is 0. The molecule has 0 aliphatic heterocycles. The van der Waals surface area contributed by atoms with E-state index in [0.29, 0.717) is 28.1 Å². The number of amides is 1. The van der Waals surface area contributed by atoms with Crippen LogP contribution in [0.4, 0.5) is 5.69 Å². The van der Waals surface area contributed by atoms with Gasteiger partial charge in [0.1, 0.15) is 0 Å². The maximum atomic E-state index is 12.1. The molecule has 0 saturated heterocycles. The molecule has 132 valence electrons. The van der Waals surface area contributed by atoms with Gasteiger partial charge in [0.2, 0.25) is 0 Å². The Bertz CT molecular complexity index is 782. The third-order valence-corrected chi connectivity index (χ3v) is 5.25. The van der Waals surface area contributed by atoms with Gasteiger partial charge in [0.25, 0.3) is 11.6 Å². The van der Waals surface area contributed by atoms with E-state index in [2.05, 4.69) is 5.32 Å². The number of nitro benzene ring substituents is 1. The van der Waals surface area contributed by atoms with Crippen LogP contribution in [0.2, 0.25) is 15.1 Å². The number of hydrogen-bond donors (Lipinski definition) is 1. The number of carbonyl (C=O) groups excluding carboxylic acids is 1. The molecular weight excluding hydrogens is 407 g/mol. The lowest BCUT2D eigenvalue weighted by molar-refractivity contribution is -0.384. The summed E-state index contributed by atoms with van der Waals surface area (Å²) in [6.45, 7) is 0.416. The molecule has 1 amide bonds. The van der Waals surface area contributed by atoms with Crippen molar-refractivity contribution in [3.63, 3.8) is 0 Å². The minimum absolute atomic E-state index is 0.0437. The molecule has 1 N–H and O–H groups in total. The molecule has 0 spiro atoms. The Morgan fingerprint density at radius 2 is 1.80 bits per heavy atom. The van der Waals surface area contributed by atoms with Gasteiger partial charge in [-0.15, -0.1) is 0 Å². The van der Waals surface area contributed by atoms with E-state index < -0.39 is 4.92 Å². The normalized spacial score (nSPS) is 10.5. The van der Waals surface area contributed by atoms with Crippen LogP contribution in [0.25, 0.3) is 0 Å². The number of hydrogen-bond acceptors (Lipinski definition) is 4. The van der Waals surface area contributed by atoms with E-state index in [-0.39, 0.29) is 22.2 Å². The second-order valence-corrected chi connectivity index (χ2v) is 7.26. The first-order valence-corrected chi connectivity index (χ1v) is 9.41. The highest BCUT2D eigenvalue weighted by molar-refractivity contribution is 7.98. The topological polar surface area (TPSA) is 72.2 Å². The third kappa shape index (κ3) is 5.51. The van der Waals surface area contributed by atoms with Crippen LogP contribution in [-0.4, -0.2) is 23.1 Å². The monoisotopic (exact) mass is 418 g/mol. The van der Waals surface area contributed by atoms with Gasteiger partial charge in [-0.25, -0.2) is 0 Å². The Morgan fingerprint density at radius 1 is 1.12 bits per heavy atom. The number of rotatable bonds is 7. The van der Waals surface area contributed by atoms with E-state index >= 15 is 0 Å². The Balaban J connectivity index is 1.82. The summed E-state index contributed by atoms with van der Waals surface area (Å²) in [7, 11) is 0. The molecule has 0 aliphatic rings. The van der Waals surface area contributed by atoms with Crippen LogP contribution in [0.5, 0.6) is 0 Å². The highest BCUT2D eigenvalue weighted by Gasteiger charge is 2.14. The van der Waals surface area contributed by atoms with Crippen LogP contribution in [-0.2, 0) is 5.75 Å².